The molecule has 1 saturated heterocycles. The molecule has 1 aliphatic heterocycles. The lowest BCUT2D eigenvalue weighted by atomic mass is 10.1. The Morgan fingerprint density at radius 2 is 1.78 bits per heavy atom. The molecule has 6 nitrogen and oxygen atoms in total. The summed E-state index contributed by atoms with van der Waals surface area (Å²) in [6.45, 7) is 3.72. The summed E-state index contributed by atoms with van der Waals surface area (Å²) in [6, 6.07) is 12.4. The maximum Gasteiger partial charge on any atom is 0.332 e. The molecule has 1 aliphatic rings. The van der Waals surface area contributed by atoms with Crippen LogP contribution in [0.5, 0.6) is 0 Å². The van der Waals surface area contributed by atoms with Gasteiger partial charge < -0.3 is 10.2 Å². The van der Waals surface area contributed by atoms with Gasteiger partial charge in [0.2, 0.25) is 5.91 Å². The van der Waals surface area contributed by atoms with Crippen molar-refractivity contribution in [1.29, 1.82) is 0 Å². The Kier molecular flexibility index (Phi) is 5.30. The molecule has 27 heavy (non-hydrogen) atoms. The average Bonchev–Trinajstić information content (AvgIpc) is 2.88. The van der Waals surface area contributed by atoms with Crippen molar-refractivity contribution in [2.45, 2.75) is 12.5 Å². The molecule has 1 heterocycles. The molecular weight excluding hydrogens is 349 g/mol. The number of hydrogen-bond acceptors (Lipinski definition) is 3. The summed E-state index contributed by atoms with van der Waals surface area (Å²) in [5.74, 6) is -1.39. The quantitative estimate of drug-likeness (QED) is 0.630. The van der Waals surface area contributed by atoms with E-state index < -0.39 is 23.8 Å². The number of para-hydroxylation sites is 1. The van der Waals surface area contributed by atoms with Crippen LogP contribution in [0, 0.1) is 5.82 Å². The van der Waals surface area contributed by atoms with Crippen molar-refractivity contribution >= 4 is 29.2 Å². The highest BCUT2D eigenvalue weighted by Gasteiger charge is 2.46. The second-order valence-electron chi connectivity index (χ2n) is 6.01. The number of anilines is 2. The van der Waals surface area contributed by atoms with Crippen LogP contribution < -0.4 is 10.2 Å². The van der Waals surface area contributed by atoms with Gasteiger partial charge in [-0.15, -0.1) is 6.58 Å². The van der Waals surface area contributed by atoms with Crippen molar-refractivity contribution in [2.24, 2.45) is 0 Å². The maximum absolute atomic E-state index is 13.2. The van der Waals surface area contributed by atoms with Crippen LogP contribution in [-0.4, -0.2) is 35.3 Å². The van der Waals surface area contributed by atoms with Crippen molar-refractivity contribution in [1.82, 2.24) is 4.90 Å². The van der Waals surface area contributed by atoms with E-state index in [9.17, 15) is 18.8 Å². The van der Waals surface area contributed by atoms with Crippen molar-refractivity contribution in [3.05, 3.63) is 73.1 Å². The fourth-order valence-corrected chi connectivity index (χ4v) is 2.92. The third kappa shape index (κ3) is 3.87. The first-order chi connectivity index (χ1) is 13.0. The smallest absolute Gasteiger partial charge is 0.326 e. The van der Waals surface area contributed by atoms with E-state index in [1.807, 2.05) is 6.07 Å². The average molecular weight is 367 g/mol. The van der Waals surface area contributed by atoms with E-state index in [0.717, 1.165) is 4.90 Å². The summed E-state index contributed by atoms with van der Waals surface area (Å²) in [6.07, 6.45) is 1.30. The first-order valence-electron chi connectivity index (χ1n) is 8.37. The fraction of sp³-hybridized carbons (Fsp3) is 0.150. The minimum absolute atomic E-state index is 0.117. The Morgan fingerprint density at radius 3 is 2.41 bits per heavy atom. The third-order valence-corrected chi connectivity index (χ3v) is 4.17. The second kappa shape index (κ2) is 7.82. The number of nitrogens with zero attached hydrogens (tertiary/aromatic N) is 2. The number of carbonyl (C=O) groups excluding carboxylic acids is 3. The first kappa shape index (κ1) is 18.3. The zero-order chi connectivity index (χ0) is 19.4. The molecule has 1 fully saturated rings. The van der Waals surface area contributed by atoms with Crippen molar-refractivity contribution in [3.63, 3.8) is 0 Å². The summed E-state index contributed by atoms with van der Waals surface area (Å²) < 4.78 is 13.2. The van der Waals surface area contributed by atoms with Crippen LogP contribution in [0.1, 0.15) is 6.42 Å². The van der Waals surface area contributed by atoms with Gasteiger partial charge in [0, 0.05) is 12.2 Å². The van der Waals surface area contributed by atoms with Gasteiger partial charge in [0.05, 0.1) is 12.1 Å². The molecule has 0 unspecified atom stereocenters. The number of hydrogen-bond donors (Lipinski definition) is 1. The van der Waals surface area contributed by atoms with E-state index in [1.54, 1.807) is 24.3 Å². The van der Waals surface area contributed by atoms with Crippen LogP contribution in [-0.2, 0) is 9.59 Å². The van der Waals surface area contributed by atoms with E-state index in [0.29, 0.717) is 5.69 Å². The highest BCUT2D eigenvalue weighted by Crippen LogP contribution is 2.27. The highest BCUT2D eigenvalue weighted by atomic mass is 19.1. The molecule has 2 aromatic carbocycles. The largest absolute Gasteiger partial charge is 0.332 e. The molecule has 0 bridgehead atoms. The molecule has 4 amide bonds. The van der Waals surface area contributed by atoms with Crippen LogP contribution in [0.25, 0.3) is 0 Å². The van der Waals surface area contributed by atoms with Gasteiger partial charge >= 0.3 is 6.03 Å². The maximum atomic E-state index is 13.2. The van der Waals surface area contributed by atoms with E-state index in [2.05, 4.69) is 11.9 Å². The predicted molar refractivity (Wildman–Crippen MR) is 99.7 cm³/mol. The van der Waals surface area contributed by atoms with Crippen molar-refractivity contribution in [3.8, 4) is 0 Å². The lowest BCUT2D eigenvalue weighted by Gasteiger charge is -2.19. The zero-order valence-electron chi connectivity index (χ0n) is 14.5. The first-order valence-corrected chi connectivity index (χ1v) is 8.37. The van der Waals surface area contributed by atoms with Crippen LogP contribution in [0.3, 0.4) is 0 Å². The van der Waals surface area contributed by atoms with E-state index in [-0.39, 0.29) is 24.6 Å². The number of halogens is 1. The molecule has 0 aliphatic carbocycles. The summed E-state index contributed by atoms with van der Waals surface area (Å²) in [7, 11) is 0. The Morgan fingerprint density at radius 1 is 1.11 bits per heavy atom. The molecule has 3 rings (SSSR count). The Bertz CT molecular complexity index is 868. The molecule has 1 atom stereocenters. The minimum Gasteiger partial charge on any atom is -0.326 e. The van der Waals surface area contributed by atoms with Crippen LogP contribution in [0.4, 0.5) is 20.6 Å². The second-order valence-corrected chi connectivity index (χ2v) is 6.01. The van der Waals surface area contributed by atoms with Crippen molar-refractivity contribution < 1.29 is 18.8 Å². The molecule has 0 saturated carbocycles. The third-order valence-electron chi connectivity index (χ3n) is 4.17. The van der Waals surface area contributed by atoms with Crippen LogP contribution in [0.2, 0.25) is 0 Å². The molecule has 1 N–H and O–H groups in total. The van der Waals surface area contributed by atoms with Gasteiger partial charge in [-0.25, -0.2) is 14.1 Å². The number of benzene rings is 2. The summed E-state index contributed by atoms with van der Waals surface area (Å²) in [4.78, 5) is 40.1. The van der Waals surface area contributed by atoms with E-state index in [4.69, 9.17) is 0 Å². The van der Waals surface area contributed by atoms with Gasteiger partial charge in [-0.3, -0.25) is 9.59 Å². The molecule has 0 spiro atoms. The zero-order valence-corrected chi connectivity index (χ0v) is 14.5. The molecule has 7 heteroatoms. The summed E-state index contributed by atoms with van der Waals surface area (Å²) in [5.41, 5.74) is 0.858. The fourth-order valence-electron chi connectivity index (χ4n) is 2.92. The van der Waals surface area contributed by atoms with Crippen molar-refractivity contribution in [2.75, 3.05) is 16.8 Å². The van der Waals surface area contributed by atoms with Gasteiger partial charge in [-0.1, -0.05) is 24.3 Å². The monoisotopic (exact) mass is 367 g/mol. The standard InChI is InChI=1S/C20H18FN3O3/c1-2-12-23-17(13-18(25)22-15-6-4-3-5-7-15)19(26)24(20(23)27)16-10-8-14(21)9-11-16/h2-11,17H,1,12-13H2,(H,22,25)/t17-/m0/s1. The van der Waals surface area contributed by atoms with Crippen LogP contribution in [0.15, 0.2) is 67.3 Å². The van der Waals surface area contributed by atoms with Gasteiger partial charge in [-0.05, 0) is 36.4 Å². The number of imide groups is 1. The van der Waals surface area contributed by atoms with E-state index >= 15 is 0 Å². The highest BCUT2D eigenvalue weighted by molar-refractivity contribution is 6.22. The Hall–Kier alpha value is -3.48. The predicted octanol–water partition coefficient (Wildman–Crippen LogP) is 3.18. The number of urea groups is 1. The lowest BCUT2D eigenvalue weighted by molar-refractivity contribution is -0.124. The number of nitrogens with one attached hydrogen (secondary N) is 1. The number of amides is 4. The molecule has 0 aromatic heterocycles. The lowest BCUT2D eigenvalue weighted by Crippen LogP contribution is -2.38. The molecule has 2 aromatic rings. The molecular formula is C20H18FN3O3. The van der Waals surface area contributed by atoms with Gasteiger partial charge in [0.1, 0.15) is 11.9 Å². The van der Waals surface area contributed by atoms with Crippen LogP contribution >= 0.6 is 0 Å². The minimum atomic E-state index is -0.954. The topological polar surface area (TPSA) is 69.7 Å². The Labute approximate surface area is 155 Å². The number of rotatable bonds is 6. The Balaban J connectivity index is 1.81. The van der Waals surface area contributed by atoms with Gasteiger partial charge in [-0.2, -0.15) is 0 Å². The normalized spacial score (nSPS) is 16.6. The number of carbonyl (C=O) groups is 3. The molecule has 0 radical (unpaired) electrons. The van der Waals surface area contributed by atoms with Gasteiger partial charge in [0.25, 0.3) is 5.91 Å². The SMILES string of the molecule is C=CCN1C(=O)N(c2ccc(F)cc2)C(=O)[C@@H]1CC(=O)Nc1ccccc1. The summed E-state index contributed by atoms with van der Waals surface area (Å²) >= 11 is 0. The van der Waals surface area contributed by atoms with Gasteiger partial charge in [0.15, 0.2) is 0 Å². The van der Waals surface area contributed by atoms with E-state index in [1.165, 1.54) is 35.2 Å². The summed E-state index contributed by atoms with van der Waals surface area (Å²) in [5, 5.41) is 2.71. The molecule has 138 valence electrons.